The van der Waals surface area contributed by atoms with Crippen molar-refractivity contribution in [1.82, 2.24) is 0 Å². The molecule has 2 nitrogen and oxygen atoms in total. The van der Waals surface area contributed by atoms with Crippen molar-refractivity contribution in [3.8, 4) is 0 Å². The molecular weight excluding hydrogens is 128 g/mol. The molecule has 0 amide bonds. The molecule has 60 valence electrons. The van der Waals surface area contributed by atoms with E-state index >= 15 is 0 Å². The largest absolute Gasteiger partial charge is 0.481 e. The number of carbonyl (C=O) groups is 1. The van der Waals surface area contributed by atoms with Gasteiger partial charge in [0, 0.05) is 0 Å². The van der Waals surface area contributed by atoms with Gasteiger partial charge < -0.3 is 5.11 Å². The highest BCUT2D eigenvalue weighted by molar-refractivity contribution is 5.67. The average Bonchev–Trinajstić information content (AvgIpc) is 1.87. The summed E-state index contributed by atoms with van der Waals surface area (Å²) in [6, 6.07) is 0. The van der Waals surface area contributed by atoms with Crippen molar-refractivity contribution in [3.05, 3.63) is 0 Å². The lowest BCUT2D eigenvalue weighted by molar-refractivity contribution is -0.139. The van der Waals surface area contributed by atoms with E-state index in [9.17, 15) is 4.79 Å². The van der Waals surface area contributed by atoms with Crippen LogP contribution in [0.5, 0.6) is 0 Å². The Hall–Kier alpha value is -0.530. The summed E-state index contributed by atoms with van der Waals surface area (Å²) in [6.45, 7) is 6.08. The predicted molar refractivity (Wildman–Crippen MR) is 40.9 cm³/mol. The second-order valence-corrected chi connectivity index (χ2v) is 3.09. The molecule has 0 aliphatic carbocycles. The van der Waals surface area contributed by atoms with Crippen molar-refractivity contribution in [2.24, 2.45) is 5.41 Å². The minimum atomic E-state index is -0.689. The van der Waals surface area contributed by atoms with Crippen LogP contribution in [0, 0.1) is 5.41 Å². The van der Waals surface area contributed by atoms with Gasteiger partial charge in [0.15, 0.2) is 0 Å². The van der Waals surface area contributed by atoms with Crippen LogP contribution in [0.15, 0.2) is 0 Å². The van der Waals surface area contributed by atoms with Crippen LogP contribution in [-0.2, 0) is 4.79 Å². The van der Waals surface area contributed by atoms with Crippen molar-refractivity contribution in [2.45, 2.75) is 40.0 Å². The fourth-order valence-corrected chi connectivity index (χ4v) is 0.865. The highest BCUT2D eigenvalue weighted by Gasteiger charge is 2.22. The number of rotatable bonds is 4. The molecule has 0 aliphatic heterocycles. The summed E-state index contributed by atoms with van der Waals surface area (Å²) in [7, 11) is 0. The Morgan fingerprint density at radius 1 is 1.40 bits per heavy atom. The maximum atomic E-state index is 10.3. The summed E-state index contributed by atoms with van der Waals surface area (Å²) >= 11 is 0. The summed E-state index contributed by atoms with van der Waals surface area (Å²) in [4.78, 5) is 10.3. The van der Waals surface area contributed by atoms with E-state index in [4.69, 9.17) is 5.11 Å². The molecule has 0 bridgehead atoms. The highest BCUT2D eigenvalue weighted by Crippen LogP contribution is 2.28. The molecule has 0 aromatic rings. The van der Waals surface area contributed by atoms with Gasteiger partial charge in [-0.15, -0.1) is 0 Å². The van der Waals surface area contributed by atoms with Gasteiger partial charge in [-0.3, -0.25) is 4.79 Å². The zero-order valence-electron chi connectivity index (χ0n) is 6.98. The van der Waals surface area contributed by atoms with Crippen LogP contribution in [0.4, 0.5) is 0 Å². The Bertz CT molecular complexity index is 114. The minimum Gasteiger partial charge on any atom is -0.481 e. The molecule has 2 heteroatoms. The third kappa shape index (κ3) is 2.85. The number of carboxylic acids is 1. The first-order chi connectivity index (χ1) is 4.54. The van der Waals surface area contributed by atoms with E-state index < -0.39 is 5.97 Å². The molecule has 0 saturated heterocycles. The van der Waals surface area contributed by atoms with Gasteiger partial charge in [-0.2, -0.15) is 0 Å². The molecule has 1 N–H and O–H groups in total. The van der Waals surface area contributed by atoms with Crippen molar-refractivity contribution >= 4 is 5.97 Å². The van der Waals surface area contributed by atoms with E-state index in [0.29, 0.717) is 6.42 Å². The van der Waals surface area contributed by atoms with E-state index in [1.807, 2.05) is 20.8 Å². The van der Waals surface area contributed by atoms with Crippen LogP contribution in [0.2, 0.25) is 0 Å². The Morgan fingerprint density at radius 3 is 1.90 bits per heavy atom. The summed E-state index contributed by atoms with van der Waals surface area (Å²) in [5.74, 6) is -0.689. The smallest absolute Gasteiger partial charge is 0.303 e. The van der Waals surface area contributed by atoms with E-state index in [0.717, 1.165) is 12.8 Å². The van der Waals surface area contributed by atoms with Crippen molar-refractivity contribution < 1.29 is 9.90 Å². The SMILES string of the molecule is CCC(C)(CC)CC(=O)O. The normalized spacial score (nSPS) is 11.5. The Morgan fingerprint density at radius 2 is 1.80 bits per heavy atom. The molecule has 0 radical (unpaired) electrons. The topological polar surface area (TPSA) is 37.3 Å². The third-order valence-corrected chi connectivity index (χ3v) is 2.29. The number of aliphatic carboxylic acids is 1. The molecule has 0 fully saturated rings. The van der Waals surface area contributed by atoms with E-state index in [-0.39, 0.29) is 5.41 Å². The van der Waals surface area contributed by atoms with Crippen molar-refractivity contribution in [2.75, 3.05) is 0 Å². The molecule has 0 aliphatic rings. The van der Waals surface area contributed by atoms with Crippen LogP contribution in [0.1, 0.15) is 40.0 Å². The molecule has 10 heavy (non-hydrogen) atoms. The minimum absolute atomic E-state index is 0.00579. The lowest BCUT2D eigenvalue weighted by Crippen LogP contribution is -2.18. The molecule has 0 heterocycles. The van der Waals surface area contributed by atoms with Gasteiger partial charge in [0.2, 0.25) is 0 Å². The van der Waals surface area contributed by atoms with Gasteiger partial charge in [-0.05, 0) is 5.41 Å². The van der Waals surface area contributed by atoms with Crippen LogP contribution in [-0.4, -0.2) is 11.1 Å². The van der Waals surface area contributed by atoms with Gasteiger partial charge in [-0.1, -0.05) is 33.6 Å². The van der Waals surface area contributed by atoms with E-state index in [1.54, 1.807) is 0 Å². The summed E-state index contributed by atoms with van der Waals surface area (Å²) in [5, 5.41) is 8.51. The lowest BCUT2D eigenvalue weighted by Gasteiger charge is -2.23. The quantitative estimate of drug-likeness (QED) is 0.657. The first-order valence-electron chi connectivity index (χ1n) is 3.76. The zero-order chi connectivity index (χ0) is 8.20. The summed E-state index contributed by atoms with van der Waals surface area (Å²) in [5.41, 5.74) is 0.00579. The molecule has 0 aromatic heterocycles. The molecule has 0 atom stereocenters. The fourth-order valence-electron chi connectivity index (χ4n) is 0.865. The maximum absolute atomic E-state index is 10.3. The van der Waals surface area contributed by atoms with Crippen molar-refractivity contribution in [1.29, 1.82) is 0 Å². The lowest BCUT2D eigenvalue weighted by atomic mass is 9.82. The second-order valence-electron chi connectivity index (χ2n) is 3.09. The highest BCUT2D eigenvalue weighted by atomic mass is 16.4. The van der Waals surface area contributed by atoms with E-state index in [1.165, 1.54) is 0 Å². The van der Waals surface area contributed by atoms with Crippen LogP contribution >= 0.6 is 0 Å². The van der Waals surface area contributed by atoms with Crippen LogP contribution in [0.3, 0.4) is 0 Å². The predicted octanol–water partition coefficient (Wildman–Crippen LogP) is 2.29. The number of carboxylic acid groups (broad SMARTS) is 1. The molecule has 0 saturated carbocycles. The van der Waals surface area contributed by atoms with Gasteiger partial charge >= 0.3 is 5.97 Å². The molecule has 0 aromatic carbocycles. The first-order valence-corrected chi connectivity index (χ1v) is 3.76. The Kier molecular flexibility index (Phi) is 3.40. The van der Waals surface area contributed by atoms with Gasteiger partial charge in [0.05, 0.1) is 6.42 Å². The second kappa shape index (κ2) is 3.59. The first kappa shape index (κ1) is 9.47. The molecule has 0 spiro atoms. The Labute approximate surface area is 62.2 Å². The van der Waals surface area contributed by atoms with Gasteiger partial charge in [0.25, 0.3) is 0 Å². The van der Waals surface area contributed by atoms with Crippen LogP contribution < -0.4 is 0 Å². The monoisotopic (exact) mass is 144 g/mol. The molecular formula is C8H16O2. The third-order valence-electron chi connectivity index (χ3n) is 2.29. The average molecular weight is 144 g/mol. The summed E-state index contributed by atoms with van der Waals surface area (Å²) in [6.07, 6.45) is 2.17. The van der Waals surface area contributed by atoms with E-state index in [2.05, 4.69) is 0 Å². The molecule has 0 rings (SSSR count). The zero-order valence-corrected chi connectivity index (χ0v) is 6.98. The number of hydrogen-bond donors (Lipinski definition) is 1. The number of hydrogen-bond acceptors (Lipinski definition) is 1. The van der Waals surface area contributed by atoms with Gasteiger partial charge in [0.1, 0.15) is 0 Å². The fraction of sp³-hybridized carbons (Fsp3) is 0.875. The van der Waals surface area contributed by atoms with Crippen molar-refractivity contribution in [3.63, 3.8) is 0 Å². The standard InChI is InChI=1S/C8H16O2/c1-4-8(3,5-2)6-7(9)10/h4-6H2,1-3H3,(H,9,10). The maximum Gasteiger partial charge on any atom is 0.303 e. The van der Waals surface area contributed by atoms with Crippen LogP contribution in [0.25, 0.3) is 0 Å². The summed E-state index contributed by atoms with van der Waals surface area (Å²) < 4.78 is 0. The molecule has 0 unspecified atom stereocenters. The Balaban J connectivity index is 3.92. The van der Waals surface area contributed by atoms with Gasteiger partial charge in [-0.25, -0.2) is 0 Å².